The van der Waals surface area contributed by atoms with Crippen LogP contribution < -0.4 is 11.2 Å². The molecule has 3 N–H and O–H groups in total. The molecule has 1 atom stereocenters. The highest BCUT2D eigenvalue weighted by molar-refractivity contribution is 5.20. The predicted octanol–water partition coefficient (Wildman–Crippen LogP) is 2.16. The minimum atomic E-state index is -0.670. The minimum absolute atomic E-state index is 0.273. The Labute approximate surface area is 113 Å². The zero-order chi connectivity index (χ0) is 14.4. The van der Waals surface area contributed by atoms with Crippen molar-refractivity contribution < 1.29 is 5.11 Å². The average Bonchev–Trinajstić information content (AvgIpc) is 2.26. The van der Waals surface area contributed by atoms with Crippen molar-refractivity contribution in [3.63, 3.8) is 0 Å². The van der Waals surface area contributed by atoms with E-state index in [1.807, 2.05) is 0 Å². The lowest BCUT2D eigenvalue weighted by molar-refractivity contribution is 0.418. The molecule has 1 rings (SSSR count). The Kier molecular flexibility index (Phi) is 5.86. The summed E-state index contributed by atoms with van der Waals surface area (Å²) in [7, 11) is 0. The largest absolute Gasteiger partial charge is 0.494 e. The van der Waals surface area contributed by atoms with E-state index in [-0.39, 0.29) is 11.4 Å². The van der Waals surface area contributed by atoms with Crippen LogP contribution in [0.2, 0.25) is 0 Å². The molecule has 0 saturated carbocycles. The standard InChI is InChI=1S/C14H24N2O3/c1-9(2)5-4-6-10(3)7-8-11-12(17)15-14(19)16-13(11)18/h9-10H,4-8H2,1-3H3,(H3,15,16,17,18,19). The van der Waals surface area contributed by atoms with Gasteiger partial charge in [-0.1, -0.05) is 40.0 Å². The van der Waals surface area contributed by atoms with Crippen LogP contribution in [-0.2, 0) is 6.42 Å². The van der Waals surface area contributed by atoms with Gasteiger partial charge in [-0.2, -0.15) is 0 Å². The van der Waals surface area contributed by atoms with Crippen LogP contribution in [0.5, 0.6) is 5.88 Å². The van der Waals surface area contributed by atoms with Crippen molar-refractivity contribution in [3.8, 4) is 5.88 Å². The van der Waals surface area contributed by atoms with Crippen LogP contribution in [0.3, 0.4) is 0 Å². The zero-order valence-corrected chi connectivity index (χ0v) is 12.0. The molecule has 1 aromatic heterocycles. The molecule has 0 spiro atoms. The predicted molar refractivity (Wildman–Crippen MR) is 75.5 cm³/mol. The number of aromatic nitrogens is 2. The fourth-order valence-electron chi connectivity index (χ4n) is 2.14. The summed E-state index contributed by atoms with van der Waals surface area (Å²) < 4.78 is 0. The van der Waals surface area contributed by atoms with Gasteiger partial charge in [0.2, 0.25) is 5.88 Å². The lowest BCUT2D eigenvalue weighted by Crippen LogP contribution is -2.25. The SMILES string of the molecule is CC(C)CCCC(C)CCc1c(O)[nH]c(=O)[nH]c1=O. The molecule has 1 aromatic rings. The van der Waals surface area contributed by atoms with E-state index < -0.39 is 11.2 Å². The molecule has 108 valence electrons. The van der Waals surface area contributed by atoms with Crippen LogP contribution in [0.25, 0.3) is 0 Å². The Morgan fingerprint density at radius 3 is 2.32 bits per heavy atom. The number of hydrogen-bond donors (Lipinski definition) is 3. The van der Waals surface area contributed by atoms with Gasteiger partial charge in [-0.15, -0.1) is 0 Å². The van der Waals surface area contributed by atoms with Crippen LogP contribution in [-0.4, -0.2) is 15.1 Å². The quantitative estimate of drug-likeness (QED) is 0.708. The lowest BCUT2D eigenvalue weighted by atomic mass is 9.95. The number of aromatic hydroxyl groups is 1. The van der Waals surface area contributed by atoms with Crippen LogP contribution in [0, 0.1) is 11.8 Å². The third kappa shape index (κ3) is 5.32. The highest BCUT2D eigenvalue weighted by atomic mass is 16.3. The second-order valence-corrected chi connectivity index (χ2v) is 5.70. The van der Waals surface area contributed by atoms with E-state index in [2.05, 4.69) is 30.7 Å². The van der Waals surface area contributed by atoms with Crippen molar-refractivity contribution in [1.82, 2.24) is 9.97 Å². The zero-order valence-electron chi connectivity index (χ0n) is 12.0. The van der Waals surface area contributed by atoms with Crippen molar-refractivity contribution >= 4 is 0 Å². The average molecular weight is 268 g/mol. The summed E-state index contributed by atoms with van der Waals surface area (Å²) >= 11 is 0. The second kappa shape index (κ2) is 7.16. The van der Waals surface area contributed by atoms with Crippen molar-refractivity contribution in [2.45, 2.75) is 52.9 Å². The smallest absolute Gasteiger partial charge is 0.328 e. The molecule has 0 amide bonds. The number of H-pyrrole nitrogens is 2. The molecular weight excluding hydrogens is 244 g/mol. The lowest BCUT2D eigenvalue weighted by Gasteiger charge is -2.12. The monoisotopic (exact) mass is 268 g/mol. The maximum atomic E-state index is 11.5. The van der Waals surface area contributed by atoms with Gasteiger partial charge in [-0.3, -0.25) is 14.8 Å². The summed E-state index contributed by atoms with van der Waals surface area (Å²) in [6.07, 6.45) is 4.85. The molecule has 0 saturated heterocycles. The van der Waals surface area contributed by atoms with E-state index in [9.17, 15) is 14.7 Å². The van der Waals surface area contributed by atoms with Gasteiger partial charge in [-0.05, 0) is 24.7 Å². The van der Waals surface area contributed by atoms with E-state index in [1.54, 1.807) is 0 Å². The second-order valence-electron chi connectivity index (χ2n) is 5.70. The Morgan fingerprint density at radius 2 is 1.74 bits per heavy atom. The van der Waals surface area contributed by atoms with Crippen molar-refractivity contribution in [2.75, 3.05) is 0 Å². The molecule has 1 unspecified atom stereocenters. The maximum Gasteiger partial charge on any atom is 0.328 e. The molecule has 5 heteroatoms. The van der Waals surface area contributed by atoms with Gasteiger partial charge in [-0.25, -0.2) is 4.79 Å². The molecule has 19 heavy (non-hydrogen) atoms. The molecule has 0 radical (unpaired) electrons. The molecule has 0 aromatic carbocycles. The summed E-state index contributed by atoms with van der Waals surface area (Å²) in [5.74, 6) is 0.922. The van der Waals surface area contributed by atoms with E-state index in [0.717, 1.165) is 18.8 Å². The molecule has 5 nitrogen and oxygen atoms in total. The molecule has 1 heterocycles. The Bertz CT molecular complexity index is 502. The highest BCUT2D eigenvalue weighted by Gasteiger charge is 2.10. The fourth-order valence-corrected chi connectivity index (χ4v) is 2.14. The Hall–Kier alpha value is -1.52. The van der Waals surface area contributed by atoms with Crippen molar-refractivity contribution in [3.05, 3.63) is 26.4 Å². The van der Waals surface area contributed by atoms with Crippen molar-refractivity contribution in [2.24, 2.45) is 11.8 Å². The number of hydrogen-bond acceptors (Lipinski definition) is 3. The van der Waals surface area contributed by atoms with Gasteiger partial charge >= 0.3 is 5.69 Å². The highest BCUT2D eigenvalue weighted by Crippen LogP contribution is 2.18. The molecule has 0 aliphatic carbocycles. The van der Waals surface area contributed by atoms with Crippen LogP contribution in [0.1, 0.15) is 52.0 Å². The van der Waals surface area contributed by atoms with E-state index in [1.165, 1.54) is 12.8 Å². The Balaban J connectivity index is 2.49. The number of rotatable bonds is 7. The summed E-state index contributed by atoms with van der Waals surface area (Å²) in [6, 6.07) is 0. The summed E-state index contributed by atoms with van der Waals surface area (Å²) in [4.78, 5) is 26.8. The molecule has 0 aliphatic heterocycles. The van der Waals surface area contributed by atoms with Gasteiger partial charge < -0.3 is 5.11 Å². The van der Waals surface area contributed by atoms with Gasteiger partial charge in [0.1, 0.15) is 0 Å². The Morgan fingerprint density at radius 1 is 1.05 bits per heavy atom. The van der Waals surface area contributed by atoms with E-state index in [4.69, 9.17) is 0 Å². The first-order chi connectivity index (χ1) is 8.90. The van der Waals surface area contributed by atoms with Crippen LogP contribution in [0.4, 0.5) is 0 Å². The summed E-state index contributed by atoms with van der Waals surface area (Å²) in [5.41, 5.74) is -0.887. The first-order valence-electron chi connectivity index (χ1n) is 6.94. The summed E-state index contributed by atoms with van der Waals surface area (Å²) in [5, 5.41) is 9.56. The van der Waals surface area contributed by atoms with Gasteiger partial charge in [0.15, 0.2) is 0 Å². The first-order valence-corrected chi connectivity index (χ1v) is 6.94. The number of nitrogens with one attached hydrogen (secondary N) is 2. The fraction of sp³-hybridized carbons (Fsp3) is 0.714. The molecular formula is C14H24N2O3. The van der Waals surface area contributed by atoms with Crippen LogP contribution >= 0.6 is 0 Å². The van der Waals surface area contributed by atoms with Gasteiger partial charge in [0.05, 0.1) is 5.56 Å². The molecule has 0 bridgehead atoms. The first kappa shape index (κ1) is 15.5. The minimum Gasteiger partial charge on any atom is -0.494 e. The molecule has 0 fully saturated rings. The van der Waals surface area contributed by atoms with Gasteiger partial charge in [0, 0.05) is 0 Å². The number of aromatic amines is 2. The van der Waals surface area contributed by atoms with Crippen molar-refractivity contribution in [1.29, 1.82) is 0 Å². The third-order valence-electron chi connectivity index (χ3n) is 3.38. The van der Waals surface area contributed by atoms with Gasteiger partial charge in [0.25, 0.3) is 5.56 Å². The normalized spacial score (nSPS) is 12.8. The summed E-state index contributed by atoms with van der Waals surface area (Å²) in [6.45, 7) is 6.57. The third-order valence-corrected chi connectivity index (χ3v) is 3.38. The van der Waals surface area contributed by atoms with E-state index in [0.29, 0.717) is 12.3 Å². The maximum absolute atomic E-state index is 11.5. The topological polar surface area (TPSA) is 85.9 Å². The van der Waals surface area contributed by atoms with E-state index >= 15 is 0 Å². The van der Waals surface area contributed by atoms with Crippen LogP contribution in [0.15, 0.2) is 9.59 Å². The molecule has 0 aliphatic rings.